The first-order chi connectivity index (χ1) is 7.42. The molecule has 0 atom stereocenters. The van der Waals surface area contributed by atoms with E-state index in [0.29, 0.717) is 0 Å². The first-order valence-electron chi connectivity index (χ1n) is 5.49. The number of hydrogen-bond donors (Lipinski definition) is 0. The summed E-state index contributed by atoms with van der Waals surface area (Å²) in [5, 5.41) is 4.35. The van der Waals surface area contributed by atoms with Gasteiger partial charge in [0.15, 0.2) is 0 Å². The monoisotopic (exact) mass is 200 g/mol. The molecule has 1 aromatic carbocycles. The Morgan fingerprint density at radius 1 is 1.13 bits per heavy atom. The molecule has 0 N–H and O–H groups in total. The second-order valence-electron chi connectivity index (χ2n) is 3.66. The zero-order valence-electron chi connectivity index (χ0n) is 9.06. The normalized spacial score (nSPS) is 10.5. The highest BCUT2D eigenvalue weighted by atomic mass is 15.3. The fourth-order valence-electron chi connectivity index (χ4n) is 1.67. The molecule has 0 bridgehead atoms. The number of aromatic nitrogens is 2. The third-order valence-corrected chi connectivity index (χ3v) is 2.51. The zero-order valence-corrected chi connectivity index (χ0v) is 9.06. The molecular formula is C13H16N2. The van der Waals surface area contributed by atoms with Crippen LogP contribution in [0, 0.1) is 0 Å². The SMILES string of the molecule is CCCCn1nccc1-c1ccccc1. The van der Waals surface area contributed by atoms with E-state index in [1.807, 2.05) is 12.3 Å². The molecule has 78 valence electrons. The smallest absolute Gasteiger partial charge is 0.0682 e. The van der Waals surface area contributed by atoms with E-state index in [9.17, 15) is 0 Å². The highest BCUT2D eigenvalue weighted by Gasteiger charge is 2.03. The van der Waals surface area contributed by atoms with E-state index in [1.54, 1.807) is 0 Å². The lowest BCUT2D eigenvalue weighted by Gasteiger charge is -2.06. The van der Waals surface area contributed by atoms with Crippen molar-refractivity contribution in [3.63, 3.8) is 0 Å². The van der Waals surface area contributed by atoms with E-state index in [2.05, 4.69) is 47.0 Å². The Hall–Kier alpha value is -1.57. The third kappa shape index (κ3) is 2.27. The molecule has 2 heteroatoms. The molecule has 0 amide bonds. The van der Waals surface area contributed by atoms with Crippen LogP contribution in [0.25, 0.3) is 11.3 Å². The molecular weight excluding hydrogens is 184 g/mol. The second kappa shape index (κ2) is 4.78. The van der Waals surface area contributed by atoms with E-state index in [1.165, 1.54) is 24.1 Å². The lowest BCUT2D eigenvalue weighted by atomic mass is 10.1. The molecule has 0 aliphatic heterocycles. The summed E-state index contributed by atoms with van der Waals surface area (Å²) in [6, 6.07) is 12.5. The molecule has 0 fully saturated rings. The van der Waals surface area contributed by atoms with Gasteiger partial charge in [-0.25, -0.2) is 0 Å². The van der Waals surface area contributed by atoms with Crippen LogP contribution in [0.3, 0.4) is 0 Å². The summed E-state index contributed by atoms with van der Waals surface area (Å²) in [7, 11) is 0. The number of hydrogen-bond acceptors (Lipinski definition) is 1. The highest BCUT2D eigenvalue weighted by molar-refractivity contribution is 5.58. The third-order valence-electron chi connectivity index (χ3n) is 2.51. The van der Waals surface area contributed by atoms with Crippen molar-refractivity contribution in [1.29, 1.82) is 0 Å². The zero-order chi connectivity index (χ0) is 10.5. The Kier molecular flexibility index (Phi) is 3.18. The predicted molar refractivity (Wildman–Crippen MR) is 62.6 cm³/mol. The van der Waals surface area contributed by atoms with E-state index < -0.39 is 0 Å². The standard InChI is InChI=1S/C13H16N2/c1-2-3-11-15-13(9-10-14-15)12-7-5-4-6-8-12/h4-10H,2-3,11H2,1H3. The van der Waals surface area contributed by atoms with Crippen molar-refractivity contribution in [3.05, 3.63) is 42.6 Å². The van der Waals surface area contributed by atoms with Crippen LogP contribution in [-0.2, 0) is 6.54 Å². The van der Waals surface area contributed by atoms with E-state index in [-0.39, 0.29) is 0 Å². The maximum atomic E-state index is 4.35. The topological polar surface area (TPSA) is 17.8 Å². The summed E-state index contributed by atoms with van der Waals surface area (Å²) in [6.07, 6.45) is 4.26. The minimum Gasteiger partial charge on any atom is -0.265 e. The van der Waals surface area contributed by atoms with Crippen LogP contribution in [0.1, 0.15) is 19.8 Å². The van der Waals surface area contributed by atoms with Gasteiger partial charge in [0, 0.05) is 12.7 Å². The average Bonchev–Trinajstić information content (AvgIpc) is 2.75. The van der Waals surface area contributed by atoms with Crippen LogP contribution >= 0.6 is 0 Å². The lowest BCUT2D eigenvalue weighted by molar-refractivity contribution is 0.577. The van der Waals surface area contributed by atoms with Gasteiger partial charge in [0.1, 0.15) is 0 Å². The quantitative estimate of drug-likeness (QED) is 0.740. The molecule has 0 spiro atoms. The molecule has 1 heterocycles. The Morgan fingerprint density at radius 2 is 1.93 bits per heavy atom. The van der Waals surface area contributed by atoms with Crippen LogP contribution in [-0.4, -0.2) is 9.78 Å². The minimum atomic E-state index is 1.01. The van der Waals surface area contributed by atoms with Gasteiger partial charge in [-0.05, 0) is 18.1 Å². The molecule has 0 aliphatic rings. The van der Waals surface area contributed by atoms with Gasteiger partial charge in [0.2, 0.25) is 0 Å². The Balaban J connectivity index is 2.25. The van der Waals surface area contributed by atoms with Crippen molar-refractivity contribution in [2.45, 2.75) is 26.3 Å². The number of benzene rings is 1. The number of rotatable bonds is 4. The van der Waals surface area contributed by atoms with Gasteiger partial charge >= 0.3 is 0 Å². The fourth-order valence-corrected chi connectivity index (χ4v) is 1.67. The van der Waals surface area contributed by atoms with E-state index in [4.69, 9.17) is 0 Å². The average molecular weight is 200 g/mol. The molecule has 0 aliphatic carbocycles. The second-order valence-corrected chi connectivity index (χ2v) is 3.66. The van der Waals surface area contributed by atoms with Crippen molar-refractivity contribution in [1.82, 2.24) is 9.78 Å². The Labute approximate surface area is 90.6 Å². The molecule has 15 heavy (non-hydrogen) atoms. The van der Waals surface area contributed by atoms with Gasteiger partial charge in [0.05, 0.1) is 5.69 Å². The van der Waals surface area contributed by atoms with Crippen LogP contribution in [0.4, 0.5) is 0 Å². The van der Waals surface area contributed by atoms with Crippen LogP contribution in [0.2, 0.25) is 0 Å². The van der Waals surface area contributed by atoms with Gasteiger partial charge in [0.25, 0.3) is 0 Å². The summed E-state index contributed by atoms with van der Waals surface area (Å²) in [5.41, 5.74) is 2.45. The molecule has 2 aromatic rings. The van der Waals surface area contributed by atoms with Crippen LogP contribution in [0.15, 0.2) is 42.6 Å². The fraction of sp³-hybridized carbons (Fsp3) is 0.308. The van der Waals surface area contributed by atoms with Crippen LogP contribution in [0.5, 0.6) is 0 Å². The van der Waals surface area contributed by atoms with Crippen molar-refractivity contribution >= 4 is 0 Å². The van der Waals surface area contributed by atoms with E-state index >= 15 is 0 Å². The lowest BCUT2D eigenvalue weighted by Crippen LogP contribution is -2.01. The molecule has 0 unspecified atom stereocenters. The van der Waals surface area contributed by atoms with Gasteiger partial charge in [-0.3, -0.25) is 4.68 Å². The van der Waals surface area contributed by atoms with Gasteiger partial charge in [-0.2, -0.15) is 5.10 Å². The maximum absolute atomic E-state index is 4.35. The molecule has 0 saturated heterocycles. The predicted octanol–water partition coefficient (Wildman–Crippen LogP) is 3.35. The van der Waals surface area contributed by atoms with Gasteiger partial charge in [-0.15, -0.1) is 0 Å². The molecule has 2 rings (SSSR count). The van der Waals surface area contributed by atoms with E-state index in [0.717, 1.165) is 6.54 Å². The molecule has 0 radical (unpaired) electrons. The summed E-state index contributed by atoms with van der Waals surface area (Å²) in [4.78, 5) is 0. The maximum Gasteiger partial charge on any atom is 0.0682 e. The van der Waals surface area contributed by atoms with Gasteiger partial charge < -0.3 is 0 Å². The van der Waals surface area contributed by atoms with Crippen LogP contribution < -0.4 is 0 Å². The first-order valence-corrected chi connectivity index (χ1v) is 5.49. The Morgan fingerprint density at radius 3 is 2.67 bits per heavy atom. The largest absolute Gasteiger partial charge is 0.265 e. The molecule has 0 saturated carbocycles. The molecule has 1 aromatic heterocycles. The Bertz CT molecular complexity index is 403. The number of nitrogens with zero attached hydrogens (tertiary/aromatic N) is 2. The summed E-state index contributed by atoms with van der Waals surface area (Å²) < 4.78 is 2.08. The van der Waals surface area contributed by atoms with Crippen molar-refractivity contribution in [2.75, 3.05) is 0 Å². The summed E-state index contributed by atoms with van der Waals surface area (Å²) in [6.45, 7) is 3.21. The summed E-state index contributed by atoms with van der Waals surface area (Å²) in [5.74, 6) is 0. The molecule has 2 nitrogen and oxygen atoms in total. The van der Waals surface area contributed by atoms with Crippen molar-refractivity contribution in [3.8, 4) is 11.3 Å². The minimum absolute atomic E-state index is 1.01. The number of unbranched alkanes of at least 4 members (excludes halogenated alkanes) is 1. The van der Waals surface area contributed by atoms with Gasteiger partial charge in [-0.1, -0.05) is 43.7 Å². The van der Waals surface area contributed by atoms with Crippen molar-refractivity contribution < 1.29 is 0 Å². The first kappa shape index (κ1) is 9.97. The number of aryl methyl sites for hydroxylation is 1. The summed E-state index contributed by atoms with van der Waals surface area (Å²) >= 11 is 0. The highest BCUT2D eigenvalue weighted by Crippen LogP contribution is 2.18. The van der Waals surface area contributed by atoms with Crippen molar-refractivity contribution in [2.24, 2.45) is 0 Å².